The number of nitrogens with zero attached hydrogens (tertiary/aromatic N) is 2. The lowest BCUT2D eigenvalue weighted by Crippen LogP contribution is -1.93. The Balaban J connectivity index is 1.90. The molecule has 0 aliphatic heterocycles. The highest BCUT2D eigenvalue weighted by molar-refractivity contribution is 5.67. The molecular weight excluding hydrogens is 301 g/mol. The molecule has 0 saturated carbocycles. The fourth-order valence-corrected chi connectivity index (χ4v) is 2.06. The summed E-state index contributed by atoms with van der Waals surface area (Å²) in [6.07, 6.45) is 0. The molecule has 3 rings (SSSR count). The predicted octanol–water partition coefficient (Wildman–Crippen LogP) is 3.64. The number of hydrogen-bond donors (Lipinski definition) is 1. The summed E-state index contributed by atoms with van der Waals surface area (Å²) in [5.41, 5.74) is 1.14. The minimum Gasteiger partial charge on any atom is -0.497 e. The topological polar surface area (TPSA) is 69.4 Å². The first kappa shape index (κ1) is 14.8. The van der Waals surface area contributed by atoms with Gasteiger partial charge in [0.15, 0.2) is 0 Å². The molecule has 0 fully saturated rings. The molecule has 3 aromatic rings. The Morgan fingerprint density at radius 1 is 1.09 bits per heavy atom. The van der Waals surface area contributed by atoms with Gasteiger partial charge in [-0.25, -0.2) is 4.39 Å². The maximum atomic E-state index is 13.2. The van der Waals surface area contributed by atoms with Gasteiger partial charge in [-0.2, -0.15) is 4.98 Å². The van der Waals surface area contributed by atoms with Gasteiger partial charge in [0.05, 0.1) is 19.8 Å². The third-order valence-electron chi connectivity index (χ3n) is 3.15. The van der Waals surface area contributed by atoms with Crippen LogP contribution in [0.3, 0.4) is 0 Å². The second-order valence-electron chi connectivity index (χ2n) is 4.62. The van der Waals surface area contributed by atoms with Crippen LogP contribution in [0.1, 0.15) is 0 Å². The Hall–Kier alpha value is -3.09. The van der Waals surface area contributed by atoms with E-state index in [1.54, 1.807) is 44.6 Å². The van der Waals surface area contributed by atoms with Gasteiger partial charge in [-0.15, -0.1) is 0 Å². The lowest BCUT2D eigenvalue weighted by Gasteiger charge is -2.07. The van der Waals surface area contributed by atoms with E-state index in [4.69, 9.17) is 14.0 Å². The normalized spacial score (nSPS) is 10.4. The van der Waals surface area contributed by atoms with Crippen molar-refractivity contribution in [3.63, 3.8) is 0 Å². The third-order valence-corrected chi connectivity index (χ3v) is 3.15. The second-order valence-corrected chi connectivity index (χ2v) is 4.62. The minimum absolute atomic E-state index is 0.149. The van der Waals surface area contributed by atoms with Crippen LogP contribution < -0.4 is 14.8 Å². The molecule has 0 unspecified atom stereocenters. The van der Waals surface area contributed by atoms with Crippen molar-refractivity contribution in [2.45, 2.75) is 0 Å². The van der Waals surface area contributed by atoms with Crippen LogP contribution in [0, 0.1) is 5.82 Å². The van der Waals surface area contributed by atoms with Crippen molar-refractivity contribution in [2.75, 3.05) is 19.5 Å². The summed E-state index contributed by atoms with van der Waals surface area (Å²) in [5.74, 6) is 1.21. The highest BCUT2D eigenvalue weighted by Gasteiger charge is 2.14. The summed E-state index contributed by atoms with van der Waals surface area (Å²) in [6, 6.07) is 11.4. The Bertz CT molecular complexity index is 820. The number of hydrogen-bond acceptors (Lipinski definition) is 6. The number of aromatic nitrogens is 2. The summed E-state index contributed by atoms with van der Waals surface area (Å²) in [5, 5.41) is 6.76. The largest absolute Gasteiger partial charge is 0.497 e. The summed E-state index contributed by atoms with van der Waals surface area (Å²) in [4.78, 5) is 4.24. The zero-order valence-electron chi connectivity index (χ0n) is 12.5. The number of nitrogens with one attached hydrogen (secondary N) is 1. The third kappa shape index (κ3) is 3.23. The van der Waals surface area contributed by atoms with E-state index >= 15 is 0 Å². The minimum atomic E-state index is -0.357. The van der Waals surface area contributed by atoms with Crippen LogP contribution in [-0.4, -0.2) is 24.4 Å². The summed E-state index contributed by atoms with van der Waals surface area (Å²) < 4.78 is 28.8. The van der Waals surface area contributed by atoms with Gasteiger partial charge in [0.2, 0.25) is 5.82 Å². The average molecular weight is 315 g/mol. The van der Waals surface area contributed by atoms with Gasteiger partial charge >= 0.3 is 6.01 Å². The highest BCUT2D eigenvalue weighted by atomic mass is 19.1. The average Bonchev–Trinajstić information content (AvgIpc) is 3.02. The van der Waals surface area contributed by atoms with Crippen molar-refractivity contribution in [3.05, 3.63) is 48.3 Å². The van der Waals surface area contributed by atoms with E-state index in [2.05, 4.69) is 15.5 Å². The molecule has 0 spiro atoms. The van der Waals surface area contributed by atoms with Gasteiger partial charge in [-0.05, 0) is 36.4 Å². The molecule has 0 aliphatic carbocycles. The molecule has 6 nitrogen and oxygen atoms in total. The van der Waals surface area contributed by atoms with Crippen molar-refractivity contribution >= 4 is 11.7 Å². The fraction of sp³-hybridized carbons (Fsp3) is 0.125. The molecule has 118 valence electrons. The first-order valence-electron chi connectivity index (χ1n) is 6.78. The quantitative estimate of drug-likeness (QED) is 0.775. The number of benzene rings is 2. The van der Waals surface area contributed by atoms with Crippen molar-refractivity contribution in [1.29, 1.82) is 0 Å². The van der Waals surface area contributed by atoms with Gasteiger partial charge in [0, 0.05) is 5.69 Å². The van der Waals surface area contributed by atoms with Gasteiger partial charge < -0.3 is 19.3 Å². The van der Waals surface area contributed by atoms with E-state index in [0.717, 1.165) is 0 Å². The first-order chi connectivity index (χ1) is 11.2. The molecule has 0 aliphatic rings. The van der Waals surface area contributed by atoms with Gasteiger partial charge in [0.1, 0.15) is 17.3 Å². The Kier molecular flexibility index (Phi) is 4.09. The van der Waals surface area contributed by atoms with Crippen LogP contribution in [0.15, 0.2) is 47.0 Å². The predicted molar refractivity (Wildman–Crippen MR) is 82.5 cm³/mol. The summed E-state index contributed by atoms with van der Waals surface area (Å²) >= 11 is 0. The number of rotatable bonds is 5. The monoisotopic (exact) mass is 315 g/mol. The van der Waals surface area contributed by atoms with E-state index in [1.807, 2.05) is 0 Å². The number of ether oxygens (including phenoxy) is 2. The lowest BCUT2D eigenvalue weighted by atomic mass is 10.2. The molecule has 0 bridgehead atoms. The molecular formula is C16H14FN3O3. The van der Waals surface area contributed by atoms with E-state index < -0.39 is 0 Å². The Morgan fingerprint density at radius 3 is 2.70 bits per heavy atom. The van der Waals surface area contributed by atoms with Crippen LogP contribution >= 0.6 is 0 Å². The van der Waals surface area contributed by atoms with Gasteiger partial charge in [0.25, 0.3) is 0 Å². The molecule has 1 N–H and O–H groups in total. The Morgan fingerprint density at radius 2 is 1.96 bits per heavy atom. The molecule has 0 radical (unpaired) electrons. The number of halogens is 1. The van der Waals surface area contributed by atoms with Crippen molar-refractivity contribution in [3.8, 4) is 22.9 Å². The van der Waals surface area contributed by atoms with Crippen molar-refractivity contribution in [2.24, 2.45) is 0 Å². The number of anilines is 2. The summed E-state index contributed by atoms with van der Waals surface area (Å²) in [6.45, 7) is 0. The Labute approximate surface area is 131 Å². The molecule has 0 amide bonds. The standard InChI is InChI=1S/C16H14FN3O3/c1-21-12-6-7-14(22-2)13(9-12)15-19-16(23-20-15)18-11-5-3-4-10(17)8-11/h3-9H,1-2H3,(H,18,19,20). The van der Waals surface area contributed by atoms with Crippen LogP contribution in [0.4, 0.5) is 16.1 Å². The molecule has 7 heteroatoms. The zero-order valence-corrected chi connectivity index (χ0v) is 12.5. The fourth-order valence-electron chi connectivity index (χ4n) is 2.06. The second kappa shape index (κ2) is 6.35. The van der Waals surface area contributed by atoms with Crippen LogP contribution in [-0.2, 0) is 0 Å². The zero-order chi connectivity index (χ0) is 16.2. The first-order valence-corrected chi connectivity index (χ1v) is 6.78. The van der Waals surface area contributed by atoms with Crippen LogP contribution in [0.25, 0.3) is 11.4 Å². The SMILES string of the molecule is COc1ccc(OC)c(-c2noc(Nc3cccc(F)c3)n2)c1. The maximum Gasteiger partial charge on any atom is 0.326 e. The summed E-state index contributed by atoms with van der Waals surface area (Å²) in [7, 11) is 3.12. The molecule has 2 aromatic carbocycles. The van der Waals surface area contributed by atoms with Crippen LogP contribution in [0.5, 0.6) is 11.5 Å². The maximum absolute atomic E-state index is 13.2. The van der Waals surface area contributed by atoms with E-state index in [0.29, 0.717) is 28.6 Å². The van der Waals surface area contributed by atoms with Crippen molar-refractivity contribution < 1.29 is 18.4 Å². The molecule has 23 heavy (non-hydrogen) atoms. The van der Waals surface area contributed by atoms with Crippen molar-refractivity contribution in [1.82, 2.24) is 10.1 Å². The van der Waals surface area contributed by atoms with Gasteiger partial charge in [-0.3, -0.25) is 0 Å². The highest BCUT2D eigenvalue weighted by Crippen LogP contribution is 2.32. The lowest BCUT2D eigenvalue weighted by molar-refractivity contribution is 0.403. The van der Waals surface area contributed by atoms with Gasteiger partial charge in [-0.1, -0.05) is 11.2 Å². The van der Waals surface area contributed by atoms with E-state index in [9.17, 15) is 4.39 Å². The van der Waals surface area contributed by atoms with E-state index in [-0.39, 0.29) is 11.8 Å². The molecule has 1 aromatic heterocycles. The van der Waals surface area contributed by atoms with Crippen LogP contribution in [0.2, 0.25) is 0 Å². The molecule has 0 atom stereocenters. The number of methoxy groups -OCH3 is 2. The smallest absolute Gasteiger partial charge is 0.326 e. The molecule has 0 saturated heterocycles. The van der Waals surface area contributed by atoms with E-state index in [1.165, 1.54) is 12.1 Å². The molecule has 1 heterocycles.